The van der Waals surface area contributed by atoms with Crippen LogP contribution in [0.25, 0.3) is 0 Å². The molecule has 0 radical (unpaired) electrons. The van der Waals surface area contributed by atoms with Gasteiger partial charge in [-0.15, -0.1) is 0 Å². The fourth-order valence-corrected chi connectivity index (χ4v) is 12.3. The number of carbonyl (C=O) groups is 2. The maximum Gasteiger partial charge on any atom is 0.261 e. The third-order valence-electron chi connectivity index (χ3n) is 18.8. The molecule has 0 bridgehead atoms. The largest absolute Gasteiger partial charge is 0.507 e. The van der Waals surface area contributed by atoms with Gasteiger partial charge in [0, 0.05) is 55.9 Å². The first kappa shape index (κ1) is 80.7. The molecule has 21 N–H and O–H groups in total. The number of aliphatic hydroxyl groups is 21. The highest BCUT2D eigenvalue weighted by atomic mass is 16.7. The molecule has 2 aliphatic heterocycles. The molecule has 0 aromatic heterocycles. The number of likely N-dealkylation sites (tertiary alicyclic amines) is 1. The number of likely N-dealkylation sites (N-methyl/N-ethyl adjacent to an activating group) is 1. The molecule has 0 aliphatic carbocycles. The van der Waals surface area contributed by atoms with Gasteiger partial charge in [-0.1, -0.05) is 106 Å². The number of aliphatic hydroxyl groups excluding tert-OH is 20. The van der Waals surface area contributed by atoms with Crippen molar-refractivity contribution in [3.05, 3.63) is 23.0 Å². The summed E-state index contributed by atoms with van der Waals surface area (Å²) in [6.45, 7) is 16.3. The van der Waals surface area contributed by atoms with Gasteiger partial charge in [-0.3, -0.25) is 9.59 Å². The van der Waals surface area contributed by atoms with Crippen LogP contribution < -0.4 is 0 Å². The molecule has 87 heavy (non-hydrogen) atoms. The monoisotopic (exact) mass is 1260 g/mol. The lowest BCUT2D eigenvalue weighted by molar-refractivity contribution is -0.356. The minimum Gasteiger partial charge on any atom is -0.507 e. The average Bonchev–Trinajstić information content (AvgIpc) is 2.13. The van der Waals surface area contributed by atoms with Crippen molar-refractivity contribution < 1.29 is 122 Å². The molecular weight excluding hydrogens is 1140 g/mol. The highest BCUT2D eigenvalue weighted by molar-refractivity contribution is 6.26. The van der Waals surface area contributed by atoms with E-state index in [2.05, 4.69) is 6.92 Å². The number of unbranched alkanes of at least 4 members (excludes halogenated alkanes) is 6. The zero-order chi connectivity index (χ0) is 66.9. The first-order chi connectivity index (χ1) is 40.3. The number of allylic oxidation sites excluding steroid dienone is 2. The Morgan fingerprint density at radius 2 is 0.989 bits per heavy atom. The first-order valence-electron chi connectivity index (χ1n) is 31.5. The van der Waals surface area contributed by atoms with Crippen LogP contribution in [0.3, 0.4) is 0 Å². The van der Waals surface area contributed by atoms with Gasteiger partial charge in [0.1, 0.15) is 48.0 Å². The molecule has 0 aromatic carbocycles. The van der Waals surface area contributed by atoms with Crippen molar-refractivity contribution in [3.8, 4) is 0 Å². The van der Waals surface area contributed by atoms with Crippen LogP contribution in [0.4, 0.5) is 0 Å². The summed E-state index contributed by atoms with van der Waals surface area (Å²) in [6.07, 6.45) is -28.2. The van der Waals surface area contributed by atoms with E-state index in [1.807, 2.05) is 13.8 Å². The number of ether oxygens (including phenoxy) is 1. The van der Waals surface area contributed by atoms with Gasteiger partial charge in [0.05, 0.1) is 91.5 Å². The number of amides is 1. The molecule has 0 spiro atoms. The van der Waals surface area contributed by atoms with E-state index < -0.39 is 213 Å². The number of hydrogen-bond donors (Lipinski definition) is 21. The van der Waals surface area contributed by atoms with E-state index in [9.17, 15) is 117 Å². The quantitative estimate of drug-likeness (QED) is 0.0148. The first-order valence-corrected chi connectivity index (χ1v) is 31.5. The summed E-state index contributed by atoms with van der Waals surface area (Å²) in [5.74, 6) is -9.32. The molecule has 2 rings (SSSR count). The third kappa shape index (κ3) is 23.3. The van der Waals surface area contributed by atoms with E-state index in [4.69, 9.17) is 4.74 Å². The zero-order valence-corrected chi connectivity index (χ0v) is 53.1. The third-order valence-corrected chi connectivity index (χ3v) is 18.8. The molecule has 29 atom stereocenters. The van der Waals surface area contributed by atoms with Crippen LogP contribution >= 0.6 is 0 Å². The Bertz CT molecular complexity index is 2050. The minimum absolute atomic E-state index is 0.112. The van der Waals surface area contributed by atoms with Gasteiger partial charge in [-0.05, 0) is 69.8 Å². The molecule has 0 unspecified atom stereocenters. The van der Waals surface area contributed by atoms with Gasteiger partial charge < -0.3 is 117 Å². The molecule has 0 aromatic rings. The lowest BCUT2D eigenvalue weighted by Gasteiger charge is -2.47. The van der Waals surface area contributed by atoms with Crippen LogP contribution in [-0.2, 0) is 14.3 Å². The lowest BCUT2D eigenvalue weighted by atomic mass is 9.77. The fourth-order valence-electron chi connectivity index (χ4n) is 12.3. The maximum absolute atomic E-state index is 12.6. The van der Waals surface area contributed by atoms with Crippen molar-refractivity contribution in [2.24, 2.45) is 41.4 Å². The van der Waals surface area contributed by atoms with Gasteiger partial charge >= 0.3 is 0 Å². The number of nitrogens with zero attached hydrogens (tertiary/aromatic N) is 1. The van der Waals surface area contributed by atoms with E-state index in [1.54, 1.807) is 19.9 Å². The van der Waals surface area contributed by atoms with Crippen molar-refractivity contribution in [1.82, 2.24) is 4.90 Å². The highest BCUT2D eigenvalue weighted by Gasteiger charge is 2.54. The van der Waals surface area contributed by atoms with E-state index in [-0.39, 0.29) is 36.7 Å². The Kier molecular flexibility index (Phi) is 34.6. The van der Waals surface area contributed by atoms with E-state index in [0.29, 0.717) is 18.4 Å². The van der Waals surface area contributed by atoms with Crippen molar-refractivity contribution in [1.29, 1.82) is 0 Å². The Morgan fingerprint density at radius 3 is 1.51 bits per heavy atom. The normalized spacial score (nSPS) is 29.4. The molecular formula is C62H115NO24. The zero-order valence-electron chi connectivity index (χ0n) is 53.1. The number of Topliss-reactive ketones (excluding diaryl/α,β-unsaturated/α-hetero) is 1. The predicted octanol–water partition coefficient (Wildman–Crippen LogP) is -1.17. The Balaban J connectivity index is 1.88. The summed E-state index contributed by atoms with van der Waals surface area (Å²) in [5.41, 5.74) is 0.0730. The number of carbonyl (C=O) groups excluding carboxylic acids is 2. The summed E-state index contributed by atoms with van der Waals surface area (Å²) in [6, 6.07) is -0.694. The van der Waals surface area contributed by atoms with E-state index >= 15 is 0 Å². The van der Waals surface area contributed by atoms with Crippen molar-refractivity contribution in [3.63, 3.8) is 0 Å². The average molecular weight is 1260 g/mol. The molecule has 25 heteroatoms. The van der Waals surface area contributed by atoms with Gasteiger partial charge in [0.2, 0.25) is 0 Å². The molecule has 2 saturated heterocycles. The van der Waals surface area contributed by atoms with Gasteiger partial charge in [0.25, 0.3) is 5.91 Å². The van der Waals surface area contributed by atoms with Crippen LogP contribution in [0, 0.1) is 41.4 Å². The lowest BCUT2D eigenvalue weighted by Crippen LogP contribution is -2.65. The van der Waals surface area contributed by atoms with Crippen molar-refractivity contribution >= 4 is 11.7 Å². The number of hydrogen-bond acceptors (Lipinski definition) is 24. The van der Waals surface area contributed by atoms with Crippen LogP contribution in [0.1, 0.15) is 172 Å². The number of rotatable bonds is 41. The van der Waals surface area contributed by atoms with Crippen LogP contribution in [-0.4, -0.2) is 265 Å². The summed E-state index contributed by atoms with van der Waals surface area (Å²) >= 11 is 0. The van der Waals surface area contributed by atoms with Gasteiger partial charge in [0.15, 0.2) is 11.6 Å². The second-order valence-corrected chi connectivity index (χ2v) is 26.4. The Labute approximate surface area is 513 Å². The predicted molar refractivity (Wildman–Crippen MR) is 318 cm³/mol. The maximum atomic E-state index is 12.6. The minimum atomic E-state index is -2.59. The summed E-state index contributed by atoms with van der Waals surface area (Å²) in [7, 11) is 1.48. The van der Waals surface area contributed by atoms with Crippen LogP contribution in [0.5, 0.6) is 0 Å². The van der Waals surface area contributed by atoms with Gasteiger partial charge in [-0.2, -0.15) is 0 Å². The molecule has 2 heterocycles. The Morgan fingerprint density at radius 1 is 0.540 bits per heavy atom. The second kappa shape index (κ2) is 37.3. The van der Waals surface area contributed by atoms with Crippen molar-refractivity contribution in [2.45, 2.75) is 306 Å². The summed E-state index contributed by atoms with van der Waals surface area (Å²) < 4.78 is 5.50. The van der Waals surface area contributed by atoms with Crippen LogP contribution in [0.15, 0.2) is 23.0 Å². The number of ketones is 1. The summed E-state index contributed by atoms with van der Waals surface area (Å²) in [5, 5.41) is 229. The standard InChI is InChI=1S/C62H115NO24/c1-12-13-14-15-16-17-18-19-38(64)28-62(86)60(84)59(83)57(81)47(87-62)27-46(72)56(80)58(82)55(79)45(71)25-40(66)23-39(65)24-41(67)32(5)50(74)33(6)42(68)26-43(69)34(7)51(75)35(8)52(76)36(9)53(77)44(70)22-30(3)20-29(2)21-31(4)49(73)48-54(78)37(10)63(11)61(48)85/h21,29-30,32-47,50-53,55-60,64-77,79-84,86H,12-20,22-28H2,1-11H3/b31-21+,49-48-/t29-,30+,32-,33-,34-,35+,36-,37+,38+,39+,40-,41+,42-,43+,44-,45-,46+,47+,50+,51+,52+,53-,55+,56-,57+,58-,59-,60-,62-/m0/s1. The van der Waals surface area contributed by atoms with E-state index in [0.717, 1.165) is 38.5 Å². The smallest absolute Gasteiger partial charge is 0.261 e. The highest BCUT2D eigenvalue weighted by Crippen LogP contribution is 2.36. The molecule has 1 amide bonds. The molecule has 2 fully saturated rings. The van der Waals surface area contributed by atoms with E-state index in [1.165, 1.54) is 46.6 Å². The Hall–Kier alpha value is -2.42. The fraction of sp³-hybridized carbons (Fsp3) is 0.903. The molecule has 0 saturated carbocycles. The van der Waals surface area contributed by atoms with Gasteiger partial charge in [-0.25, -0.2) is 0 Å². The second-order valence-electron chi connectivity index (χ2n) is 26.4. The summed E-state index contributed by atoms with van der Waals surface area (Å²) in [4.78, 5) is 26.4. The van der Waals surface area contributed by atoms with Crippen LogP contribution in [0.2, 0.25) is 0 Å². The SMILES string of the molecule is CCCCCCCCC[C@@H](O)C[C@]1(O)O[C@H](C[C@@H](O)[C@H](O)[C@@H](O)[C@H](O)[C@@H](O)C[C@@H](O)C[C@@H](O)C[C@@H](O)[C@H](C)[C@@H](O)[C@@H](C)[C@@H](O)C[C@@H](O)[C@H](C)[C@@H](O)[C@@H](C)[C@@H](O)[C@H](C)[C@H](O)[C@@H](O)C[C@H](C)C[C@H](C)/C=C(C)/C(O)=C2\C(=O)[C@@H](C)N(C)C2=O)[C@@H](O)[C@H](O)[C@@H]1O. The molecule has 512 valence electrons. The molecule has 2 aliphatic rings. The topological polar surface area (TPSA) is 471 Å². The van der Waals surface area contributed by atoms with Crippen molar-refractivity contribution in [2.75, 3.05) is 7.05 Å². The molecule has 25 nitrogen and oxygen atoms in total.